The van der Waals surface area contributed by atoms with Crippen molar-refractivity contribution in [2.24, 2.45) is 0 Å². The van der Waals surface area contributed by atoms with E-state index in [-0.39, 0.29) is 10.7 Å². The summed E-state index contributed by atoms with van der Waals surface area (Å²) >= 11 is 0. The number of benzene rings is 1. The van der Waals surface area contributed by atoms with Crippen molar-refractivity contribution in [1.29, 1.82) is 0 Å². The molecule has 8 heteroatoms. The molecule has 29 heavy (non-hydrogen) atoms. The molecule has 0 radical (unpaired) electrons. The molecule has 0 amide bonds. The van der Waals surface area contributed by atoms with E-state index in [1.54, 1.807) is 12.1 Å². The molecular weight excluding hydrogens is 390 g/mol. The lowest BCUT2D eigenvalue weighted by Crippen LogP contribution is -2.49. The first kappa shape index (κ1) is 21.5. The fraction of sp³-hybridized carbons (Fsp3) is 0.476. The molecule has 0 aliphatic carbocycles. The number of sulfonamides is 1. The van der Waals surface area contributed by atoms with Gasteiger partial charge in [-0.1, -0.05) is 0 Å². The number of rotatable bonds is 6. The van der Waals surface area contributed by atoms with Gasteiger partial charge in [0.1, 0.15) is 10.6 Å². The minimum Gasteiger partial charge on any atom is -0.495 e. The zero-order valence-electron chi connectivity index (χ0n) is 17.7. The van der Waals surface area contributed by atoms with Gasteiger partial charge >= 0.3 is 0 Å². The number of ether oxygens (including phenoxy) is 1. The van der Waals surface area contributed by atoms with Crippen molar-refractivity contribution in [1.82, 2.24) is 14.2 Å². The van der Waals surface area contributed by atoms with E-state index in [0.29, 0.717) is 44.0 Å². The molecule has 1 aromatic heterocycles. The van der Waals surface area contributed by atoms with Crippen LogP contribution in [-0.2, 0) is 10.0 Å². The second-order valence-corrected chi connectivity index (χ2v) is 9.59. The van der Waals surface area contributed by atoms with Crippen molar-refractivity contribution >= 4 is 15.8 Å². The molecule has 1 N–H and O–H groups in total. The Hall–Kier alpha value is -2.16. The molecule has 0 bridgehead atoms. The number of nitrogens with one attached hydrogen (secondary N) is 1. The summed E-state index contributed by atoms with van der Waals surface area (Å²) in [4.78, 5) is 17.9. The zero-order valence-corrected chi connectivity index (χ0v) is 18.5. The minimum absolute atomic E-state index is 0.0546. The molecule has 7 nitrogen and oxygen atoms in total. The summed E-state index contributed by atoms with van der Waals surface area (Å²) in [5.41, 5.74) is 4.43. The van der Waals surface area contributed by atoms with Crippen LogP contribution in [0.25, 0.3) is 0 Å². The molecule has 0 spiro atoms. The smallest absolute Gasteiger partial charge is 0.246 e. The van der Waals surface area contributed by atoms with Gasteiger partial charge in [-0.25, -0.2) is 8.42 Å². The molecule has 1 aromatic carbocycles. The van der Waals surface area contributed by atoms with Crippen LogP contribution in [0.5, 0.6) is 5.75 Å². The van der Waals surface area contributed by atoms with Crippen LogP contribution in [0.3, 0.4) is 0 Å². The molecule has 2 aromatic rings. The maximum atomic E-state index is 13.2. The molecule has 1 saturated heterocycles. The van der Waals surface area contributed by atoms with E-state index in [0.717, 1.165) is 22.5 Å². The number of aromatic nitrogens is 1. The van der Waals surface area contributed by atoms with Crippen LogP contribution in [0.4, 0.5) is 0 Å². The number of piperazine rings is 1. The van der Waals surface area contributed by atoms with Gasteiger partial charge in [0.05, 0.1) is 13.7 Å². The van der Waals surface area contributed by atoms with Crippen LogP contribution in [-0.4, -0.2) is 68.2 Å². The van der Waals surface area contributed by atoms with Crippen LogP contribution < -0.4 is 4.74 Å². The zero-order chi connectivity index (χ0) is 21.3. The van der Waals surface area contributed by atoms with Crippen molar-refractivity contribution in [2.75, 3.05) is 39.8 Å². The summed E-state index contributed by atoms with van der Waals surface area (Å²) in [5.74, 6) is 0.419. The number of hydrogen-bond donors (Lipinski definition) is 1. The number of methoxy groups -OCH3 is 1. The standard InChI is InChI=1S/C21H29N3O4S/c1-14-10-20(28-5)21(11-15(14)2)29(26,27)24-8-6-23(7-9-24)13-19(25)18-12-16(3)22-17(18)4/h10-12,22H,6-9,13H2,1-5H3. The monoisotopic (exact) mass is 419 g/mol. The number of aromatic amines is 1. The Morgan fingerprint density at radius 3 is 2.21 bits per heavy atom. The summed E-state index contributed by atoms with van der Waals surface area (Å²) < 4.78 is 33.2. The molecule has 0 atom stereocenters. The summed E-state index contributed by atoms with van der Waals surface area (Å²) in [5, 5.41) is 0. The SMILES string of the molecule is COc1cc(C)c(C)cc1S(=O)(=O)N1CCN(CC(=O)c2cc(C)[nH]c2C)CC1. The summed E-state index contributed by atoms with van der Waals surface area (Å²) in [6, 6.07) is 5.30. The lowest BCUT2D eigenvalue weighted by Gasteiger charge is -2.33. The quantitative estimate of drug-likeness (QED) is 0.728. The predicted octanol–water partition coefficient (Wildman–Crippen LogP) is 2.45. The average Bonchev–Trinajstić information content (AvgIpc) is 3.02. The van der Waals surface area contributed by atoms with E-state index in [1.165, 1.54) is 11.4 Å². The largest absolute Gasteiger partial charge is 0.495 e. The number of ketones is 1. The van der Waals surface area contributed by atoms with Crippen molar-refractivity contribution in [3.05, 3.63) is 46.3 Å². The second kappa shape index (κ2) is 8.30. The Balaban J connectivity index is 1.69. The highest BCUT2D eigenvalue weighted by molar-refractivity contribution is 7.89. The molecule has 1 fully saturated rings. The fourth-order valence-corrected chi connectivity index (χ4v) is 5.34. The highest BCUT2D eigenvalue weighted by atomic mass is 32.2. The first-order valence-corrected chi connectivity index (χ1v) is 11.1. The Bertz CT molecular complexity index is 1020. The second-order valence-electron chi connectivity index (χ2n) is 7.68. The number of H-pyrrole nitrogens is 1. The van der Waals surface area contributed by atoms with Gasteiger partial charge in [-0.05, 0) is 57.0 Å². The highest BCUT2D eigenvalue weighted by Crippen LogP contribution is 2.30. The lowest BCUT2D eigenvalue weighted by molar-refractivity contribution is 0.0901. The van der Waals surface area contributed by atoms with E-state index in [1.807, 2.05) is 38.7 Å². The third-order valence-electron chi connectivity index (χ3n) is 5.55. The number of carbonyl (C=O) groups excluding carboxylic acids is 1. The summed E-state index contributed by atoms with van der Waals surface area (Å²) in [6.07, 6.45) is 0. The fourth-order valence-electron chi connectivity index (χ4n) is 3.69. The van der Waals surface area contributed by atoms with Crippen molar-refractivity contribution in [3.8, 4) is 5.75 Å². The third kappa shape index (κ3) is 4.39. The molecule has 1 aliphatic heterocycles. The van der Waals surface area contributed by atoms with Crippen molar-refractivity contribution in [3.63, 3.8) is 0 Å². The van der Waals surface area contributed by atoms with E-state index in [9.17, 15) is 13.2 Å². The summed E-state index contributed by atoms with van der Waals surface area (Å²) in [7, 11) is -2.18. The summed E-state index contributed by atoms with van der Waals surface area (Å²) in [6.45, 7) is 9.64. The van der Waals surface area contributed by atoms with Crippen LogP contribution in [0.15, 0.2) is 23.1 Å². The van der Waals surface area contributed by atoms with E-state index < -0.39 is 10.0 Å². The van der Waals surface area contributed by atoms with E-state index in [4.69, 9.17) is 4.74 Å². The Labute approximate surface area is 172 Å². The molecule has 2 heterocycles. The van der Waals surface area contributed by atoms with Gasteiger partial charge in [0.15, 0.2) is 5.78 Å². The predicted molar refractivity (Wildman–Crippen MR) is 112 cm³/mol. The number of hydrogen-bond acceptors (Lipinski definition) is 5. The number of carbonyl (C=O) groups is 1. The molecular formula is C21H29N3O4S. The van der Waals surface area contributed by atoms with Crippen LogP contribution in [0.2, 0.25) is 0 Å². The molecule has 3 rings (SSSR count). The Kier molecular flexibility index (Phi) is 6.16. The van der Waals surface area contributed by atoms with Crippen molar-refractivity contribution < 1.29 is 17.9 Å². The first-order chi connectivity index (χ1) is 13.6. The Morgan fingerprint density at radius 2 is 1.66 bits per heavy atom. The highest BCUT2D eigenvalue weighted by Gasteiger charge is 2.32. The van der Waals surface area contributed by atoms with Crippen LogP contribution >= 0.6 is 0 Å². The normalized spacial score (nSPS) is 16.2. The van der Waals surface area contributed by atoms with E-state index >= 15 is 0 Å². The van der Waals surface area contributed by atoms with Gasteiger partial charge in [-0.2, -0.15) is 4.31 Å². The first-order valence-electron chi connectivity index (χ1n) is 9.70. The van der Waals surface area contributed by atoms with E-state index in [2.05, 4.69) is 4.98 Å². The molecule has 0 saturated carbocycles. The van der Waals surface area contributed by atoms with Gasteiger partial charge in [0.25, 0.3) is 0 Å². The minimum atomic E-state index is -3.66. The van der Waals surface area contributed by atoms with Gasteiger partial charge in [0.2, 0.25) is 10.0 Å². The maximum Gasteiger partial charge on any atom is 0.246 e. The average molecular weight is 420 g/mol. The number of Topliss-reactive ketones (excluding diaryl/α,β-unsaturated/α-hetero) is 1. The van der Waals surface area contributed by atoms with Gasteiger partial charge < -0.3 is 9.72 Å². The molecule has 158 valence electrons. The topological polar surface area (TPSA) is 82.7 Å². The van der Waals surface area contributed by atoms with Gasteiger partial charge in [-0.3, -0.25) is 9.69 Å². The van der Waals surface area contributed by atoms with Gasteiger partial charge in [-0.15, -0.1) is 0 Å². The third-order valence-corrected chi connectivity index (χ3v) is 7.47. The van der Waals surface area contributed by atoms with Crippen LogP contribution in [0.1, 0.15) is 32.9 Å². The number of aryl methyl sites for hydroxylation is 4. The lowest BCUT2D eigenvalue weighted by atomic mass is 10.1. The number of nitrogens with zero attached hydrogens (tertiary/aromatic N) is 2. The van der Waals surface area contributed by atoms with Crippen molar-refractivity contribution in [2.45, 2.75) is 32.6 Å². The van der Waals surface area contributed by atoms with Crippen LogP contribution in [0, 0.1) is 27.7 Å². The van der Waals surface area contributed by atoms with Gasteiger partial charge in [0, 0.05) is 43.1 Å². The molecule has 0 unspecified atom stereocenters. The molecule has 1 aliphatic rings. The Morgan fingerprint density at radius 1 is 1.03 bits per heavy atom. The maximum absolute atomic E-state index is 13.2.